The van der Waals surface area contributed by atoms with E-state index >= 15 is 0 Å². The van der Waals surface area contributed by atoms with Crippen LogP contribution in [0.2, 0.25) is 0 Å². The minimum Gasteiger partial charge on any atom is -0.467 e. The molecule has 3 aromatic rings. The van der Waals surface area contributed by atoms with Gasteiger partial charge in [-0.25, -0.2) is 0 Å². The van der Waals surface area contributed by atoms with Crippen LogP contribution in [0, 0.1) is 10.1 Å². The number of benzene rings is 3. The molecule has 0 saturated carbocycles. The van der Waals surface area contributed by atoms with Crippen LogP contribution in [-0.2, 0) is 17.9 Å². The van der Waals surface area contributed by atoms with Crippen LogP contribution in [-0.4, -0.2) is 17.6 Å². The number of non-ortho nitro benzene ring substituents is 1. The molecule has 0 saturated heterocycles. The molecule has 0 N–H and O–H groups in total. The van der Waals surface area contributed by atoms with Crippen molar-refractivity contribution in [1.82, 2.24) is 0 Å². The Morgan fingerprint density at radius 3 is 2.78 bits per heavy atom. The lowest BCUT2D eigenvalue weighted by Crippen LogP contribution is -2.27. The Balaban J connectivity index is 1.63. The molecule has 0 aromatic heterocycles. The van der Waals surface area contributed by atoms with Crippen LogP contribution in [0.3, 0.4) is 0 Å². The predicted molar refractivity (Wildman–Crippen MR) is 97.8 cm³/mol. The number of anilines is 1. The summed E-state index contributed by atoms with van der Waals surface area (Å²) in [7, 11) is 0. The summed E-state index contributed by atoms with van der Waals surface area (Å²) in [6.07, 6.45) is 0. The zero-order chi connectivity index (χ0) is 18.5. The van der Waals surface area contributed by atoms with Gasteiger partial charge in [-0.3, -0.25) is 14.9 Å². The Labute approximate surface area is 153 Å². The average Bonchev–Trinajstić information content (AvgIpc) is 2.96. The van der Waals surface area contributed by atoms with E-state index in [1.807, 2.05) is 30.3 Å². The van der Waals surface area contributed by atoms with Gasteiger partial charge in [0.25, 0.3) is 11.6 Å². The van der Waals surface area contributed by atoms with E-state index in [2.05, 4.69) is 0 Å². The van der Waals surface area contributed by atoms with E-state index in [9.17, 15) is 14.9 Å². The fourth-order valence-corrected chi connectivity index (χ4v) is 3.81. The summed E-state index contributed by atoms with van der Waals surface area (Å²) in [6, 6.07) is 14.3. The normalized spacial score (nSPS) is 15.0. The summed E-state index contributed by atoms with van der Waals surface area (Å²) in [5, 5.41) is 13.2. The van der Waals surface area contributed by atoms with Crippen molar-refractivity contribution in [2.75, 3.05) is 11.7 Å². The van der Waals surface area contributed by atoms with E-state index in [4.69, 9.17) is 9.47 Å². The molecule has 2 aliphatic heterocycles. The van der Waals surface area contributed by atoms with Crippen LogP contribution in [0.1, 0.15) is 21.5 Å². The highest BCUT2D eigenvalue weighted by Crippen LogP contribution is 2.40. The molecule has 0 aliphatic carbocycles. The third-order valence-corrected chi connectivity index (χ3v) is 4.96. The number of nitro groups is 1. The molecule has 0 unspecified atom stereocenters. The molecule has 1 amide bonds. The van der Waals surface area contributed by atoms with Crippen LogP contribution in [0.5, 0.6) is 5.75 Å². The SMILES string of the molecule is O=C1c2cccc3cccc(c23)N1Cc1cc([N+](=O)[O-])cc2c1OCOC2. The maximum atomic E-state index is 13.0. The number of hydrogen-bond acceptors (Lipinski definition) is 5. The van der Waals surface area contributed by atoms with Crippen LogP contribution < -0.4 is 9.64 Å². The molecule has 3 aromatic carbocycles. The van der Waals surface area contributed by atoms with Gasteiger partial charge in [0.2, 0.25) is 0 Å². The Morgan fingerprint density at radius 2 is 1.96 bits per heavy atom. The van der Waals surface area contributed by atoms with Gasteiger partial charge in [-0.2, -0.15) is 0 Å². The number of carbonyl (C=O) groups excluding carboxylic acids is 1. The minimum absolute atomic E-state index is 0.0415. The standard InChI is InChI=1S/C20H14N2O5/c23-20-16-5-1-3-12-4-2-6-17(18(12)16)21(20)9-13-7-15(22(24)25)8-14-10-26-11-27-19(13)14/h1-8H,9-11H2. The van der Waals surface area contributed by atoms with Crippen molar-refractivity contribution in [2.24, 2.45) is 0 Å². The number of ether oxygens (including phenoxy) is 2. The highest BCUT2D eigenvalue weighted by atomic mass is 16.7. The van der Waals surface area contributed by atoms with Crippen LogP contribution in [0.25, 0.3) is 10.8 Å². The van der Waals surface area contributed by atoms with E-state index in [1.54, 1.807) is 11.0 Å². The van der Waals surface area contributed by atoms with Crippen molar-refractivity contribution in [1.29, 1.82) is 0 Å². The van der Waals surface area contributed by atoms with E-state index in [-0.39, 0.29) is 31.5 Å². The molecule has 2 aliphatic rings. The number of hydrogen-bond donors (Lipinski definition) is 0. The van der Waals surface area contributed by atoms with Crippen molar-refractivity contribution in [2.45, 2.75) is 13.2 Å². The number of fused-ring (bicyclic) bond motifs is 1. The molecular weight excluding hydrogens is 348 g/mol. The first-order chi connectivity index (χ1) is 13.1. The van der Waals surface area contributed by atoms with Gasteiger partial charge in [0.05, 0.1) is 23.8 Å². The zero-order valence-corrected chi connectivity index (χ0v) is 14.2. The first kappa shape index (κ1) is 15.8. The molecule has 0 fully saturated rings. The van der Waals surface area contributed by atoms with Gasteiger partial charge >= 0.3 is 0 Å². The molecule has 0 bridgehead atoms. The lowest BCUT2D eigenvalue weighted by Gasteiger charge is -2.24. The minimum atomic E-state index is -0.445. The summed E-state index contributed by atoms with van der Waals surface area (Å²) in [4.78, 5) is 25.5. The lowest BCUT2D eigenvalue weighted by atomic mass is 10.1. The average molecular weight is 362 g/mol. The Kier molecular flexibility index (Phi) is 3.38. The zero-order valence-electron chi connectivity index (χ0n) is 14.2. The van der Waals surface area contributed by atoms with Crippen molar-refractivity contribution >= 4 is 28.1 Å². The fourth-order valence-electron chi connectivity index (χ4n) is 3.81. The van der Waals surface area contributed by atoms with E-state index in [1.165, 1.54) is 12.1 Å². The third kappa shape index (κ3) is 2.36. The highest BCUT2D eigenvalue weighted by Gasteiger charge is 2.31. The topological polar surface area (TPSA) is 81.9 Å². The molecule has 134 valence electrons. The Hall–Kier alpha value is -3.45. The Bertz CT molecular complexity index is 1120. The Morgan fingerprint density at radius 1 is 1.15 bits per heavy atom. The molecule has 2 heterocycles. The molecule has 0 radical (unpaired) electrons. The second-order valence-electron chi connectivity index (χ2n) is 6.53. The number of rotatable bonds is 3. The molecule has 0 spiro atoms. The predicted octanol–water partition coefficient (Wildman–Crippen LogP) is 3.77. The van der Waals surface area contributed by atoms with E-state index < -0.39 is 4.92 Å². The largest absolute Gasteiger partial charge is 0.467 e. The van der Waals surface area contributed by atoms with Crippen molar-refractivity contribution in [3.05, 3.63) is 75.3 Å². The smallest absolute Gasteiger partial charge is 0.270 e. The first-order valence-corrected chi connectivity index (χ1v) is 8.48. The lowest BCUT2D eigenvalue weighted by molar-refractivity contribution is -0.385. The van der Waals surface area contributed by atoms with Crippen LogP contribution in [0.4, 0.5) is 11.4 Å². The van der Waals surface area contributed by atoms with Crippen molar-refractivity contribution in [3.63, 3.8) is 0 Å². The monoisotopic (exact) mass is 362 g/mol. The summed E-state index contributed by atoms with van der Waals surface area (Å²) in [6.45, 7) is 0.520. The molecular formula is C20H14N2O5. The second-order valence-corrected chi connectivity index (χ2v) is 6.53. The summed E-state index contributed by atoms with van der Waals surface area (Å²) in [5.41, 5.74) is 2.63. The van der Waals surface area contributed by atoms with E-state index in [0.717, 1.165) is 16.5 Å². The summed E-state index contributed by atoms with van der Waals surface area (Å²) >= 11 is 0. The number of nitrogens with zero attached hydrogens (tertiary/aromatic N) is 2. The van der Waals surface area contributed by atoms with Gasteiger partial charge in [-0.1, -0.05) is 24.3 Å². The second kappa shape index (κ2) is 5.78. The van der Waals surface area contributed by atoms with Gasteiger partial charge in [-0.05, 0) is 17.5 Å². The van der Waals surface area contributed by atoms with Crippen LogP contribution in [0.15, 0.2) is 48.5 Å². The van der Waals surface area contributed by atoms with Gasteiger partial charge in [0, 0.05) is 34.2 Å². The number of carbonyl (C=O) groups is 1. The summed E-state index contributed by atoms with van der Waals surface area (Å²) in [5.74, 6) is 0.442. The van der Waals surface area contributed by atoms with Gasteiger partial charge < -0.3 is 14.4 Å². The van der Waals surface area contributed by atoms with Crippen LogP contribution >= 0.6 is 0 Å². The van der Waals surface area contributed by atoms with Gasteiger partial charge in [0.1, 0.15) is 5.75 Å². The molecule has 27 heavy (non-hydrogen) atoms. The maximum Gasteiger partial charge on any atom is 0.270 e. The fraction of sp³-hybridized carbons (Fsp3) is 0.150. The molecule has 0 atom stereocenters. The number of nitro benzene ring substituents is 1. The van der Waals surface area contributed by atoms with Crippen molar-refractivity contribution in [3.8, 4) is 5.75 Å². The maximum absolute atomic E-state index is 13.0. The quantitative estimate of drug-likeness (QED) is 0.523. The van der Waals surface area contributed by atoms with E-state index in [0.29, 0.717) is 22.4 Å². The summed E-state index contributed by atoms with van der Waals surface area (Å²) < 4.78 is 10.9. The van der Waals surface area contributed by atoms with Gasteiger partial charge in [-0.15, -0.1) is 0 Å². The number of amides is 1. The van der Waals surface area contributed by atoms with Crippen molar-refractivity contribution < 1.29 is 19.2 Å². The highest BCUT2D eigenvalue weighted by molar-refractivity contribution is 6.24. The third-order valence-electron chi connectivity index (χ3n) is 4.96. The first-order valence-electron chi connectivity index (χ1n) is 8.48. The molecule has 7 nitrogen and oxygen atoms in total. The molecule has 5 rings (SSSR count). The molecule has 7 heteroatoms. The van der Waals surface area contributed by atoms with Gasteiger partial charge in [0.15, 0.2) is 6.79 Å².